The number of ether oxygens (including phenoxy) is 2. The summed E-state index contributed by atoms with van der Waals surface area (Å²) in [6.07, 6.45) is 3.06. The molecule has 0 heterocycles. The fourth-order valence-electron chi connectivity index (χ4n) is 1.88. The maximum atomic E-state index is 11.0. The monoisotopic (exact) mass is 296 g/mol. The van der Waals surface area contributed by atoms with E-state index in [2.05, 4.69) is 12.2 Å². The van der Waals surface area contributed by atoms with Gasteiger partial charge in [-0.05, 0) is 18.1 Å². The third-order valence-corrected chi connectivity index (χ3v) is 3.04. The van der Waals surface area contributed by atoms with Crippen molar-refractivity contribution < 1.29 is 14.4 Å². The van der Waals surface area contributed by atoms with Crippen LogP contribution in [0, 0.1) is 10.1 Å². The van der Waals surface area contributed by atoms with E-state index in [4.69, 9.17) is 9.47 Å². The van der Waals surface area contributed by atoms with Gasteiger partial charge in [-0.25, -0.2) is 0 Å². The first-order chi connectivity index (χ1) is 10.2. The van der Waals surface area contributed by atoms with E-state index in [1.807, 2.05) is 0 Å². The van der Waals surface area contributed by atoms with Gasteiger partial charge in [0.2, 0.25) is 0 Å². The van der Waals surface area contributed by atoms with Crippen LogP contribution in [-0.2, 0) is 11.3 Å². The molecule has 0 amide bonds. The Morgan fingerprint density at radius 3 is 2.76 bits per heavy atom. The van der Waals surface area contributed by atoms with E-state index in [0.717, 1.165) is 31.4 Å². The number of nitrogens with one attached hydrogen (secondary N) is 1. The summed E-state index contributed by atoms with van der Waals surface area (Å²) in [5.74, 6) is 0.349. The van der Waals surface area contributed by atoms with E-state index in [1.165, 1.54) is 6.07 Å². The van der Waals surface area contributed by atoms with Crippen LogP contribution in [0.25, 0.3) is 0 Å². The molecule has 0 spiro atoms. The molecular weight excluding hydrogens is 272 g/mol. The summed E-state index contributed by atoms with van der Waals surface area (Å²) in [5.41, 5.74) is 0.981. The molecule has 0 saturated heterocycles. The SMILES string of the molecule is CCCCCOc1cc(CNCCOC)ccc1[N+](=O)[O-]. The third kappa shape index (κ3) is 6.55. The van der Waals surface area contributed by atoms with E-state index in [-0.39, 0.29) is 5.69 Å². The van der Waals surface area contributed by atoms with Crippen LogP contribution in [0.4, 0.5) is 5.69 Å². The Bertz CT molecular complexity index is 438. The number of nitrogens with zero attached hydrogens (tertiary/aromatic N) is 1. The molecule has 1 N–H and O–H groups in total. The van der Waals surface area contributed by atoms with Crippen LogP contribution in [0.2, 0.25) is 0 Å². The van der Waals surface area contributed by atoms with Crippen LogP contribution in [0.3, 0.4) is 0 Å². The molecule has 21 heavy (non-hydrogen) atoms. The lowest BCUT2D eigenvalue weighted by Crippen LogP contribution is -2.18. The van der Waals surface area contributed by atoms with Gasteiger partial charge in [0.05, 0.1) is 18.1 Å². The van der Waals surface area contributed by atoms with Crippen molar-refractivity contribution in [2.24, 2.45) is 0 Å². The Hall–Kier alpha value is -1.66. The molecule has 0 aliphatic rings. The summed E-state index contributed by atoms with van der Waals surface area (Å²) in [7, 11) is 1.65. The van der Waals surface area contributed by atoms with Crippen molar-refractivity contribution in [1.82, 2.24) is 5.32 Å². The summed E-state index contributed by atoms with van der Waals surface area (Å²) in [6, 6.07) is 4.99. The average Bonchev–Trinajstić information content (AvgIpc) is 2.48. The van der Waals surface area contributed by atoms with Crippen molar-refractivity contribution in [2.75, 3.05) is 26.9 Å². The topological polar surface area (TPSA) is 73.6 Å². The quantitative estimate of drug-likeness (QED) is 0.386. The van der Waals surface area contributed by atoms with Crippen LogP contribution < -0.4 is 10.1 Å². The fourth-order valence-corrected chi connectivity index (χ4v) is 1.88. The zero-order valence-corrected chi connectivity index (χ0v) is 12.8. The molecule has 0 unspecified atom stereocenters. The molecule has 0 aliphatic carbocycles. The normalized spacial score (nSPS) is 10.6. The summed E-state index contributed by atoms with van der Waals surface area (Å²) >= 11 is 0. The van der Waals surface area contributed by atoms with E-state index in [0.29, 0.717) is 25.5 Å². The van der Waals surface area contributed by atoms with Crippen molar-refractivity contribution in [1.29, 1.82) is 0 Å². The van der Waals surface area contributed by atoms with Crippen LogP contribution in [0.15, 0.2) is 18.2 Å². The van der Waals surface area contributed by atoms with E-state index in [1.54, 1.807) is 19.2 Å². The maximum absolute atomic E-state index is 11.0. The molecule has 0 bridgehead atoms. The van der Waals surface area contributed by atoms with Gasteiger partial charge in [-0.15, -0.1) is 0 Å². The van der Waals surface area contributed by atoms with Gasteiger partial charge < -0.3 is 14.8 Å². The number of nitro groups is 1. The second-order valence-electron chi connectivity index (χ2n) is 4.78. The van der Waals surface area contributed by atoms with Crippen molar-refractivity contribution >= 4 is 5.69 Å². The van der Waals surface area contributed by atoms with Crippen molar-refractivity contribution in [2.45, 2.75) is 32.7 Å². The Morgan fingerprint density at radius 1 is 1.29 bits per heavy atom. The molecular formula is C15H24N2O4. The Kier molecular flexibility index (Phi) is 8.38. The summed E-state index contributed by atoms with van der Waals surface area (Å²) in [4.78, 5) is 10.6. The molecule has 6 heteroatoms. The van der Waals surface area contributed by atoms with Gasteiger partial charge in [0, 0.05) is 26.3 Å². The number of rotatable bonds is 11. The van der Waals surface area contributed by atoms with Crippen LogP contribution >= 0.6 is 0 Å². The average molecular weight is 296 g/mol. The molecule has 118 valence electrons. The molecule has 0 saturated carbocycles. The summed E-state index contributed by atoms with van der Waals surface area (Å²) in [6.45, 7) is 4.62. The zero-order valence-electron chi connectivity index (χ0n) is 12.8. The molecule has 0 fully saturated rings. The third-order valence-electron chi connectivity index (χ3n) is 3.04. The smallest absolute Gasteiger partial charge is 0.310 e. The highest BCUT2D eigenvalue weighted by Gasteiger charge is 2.15. The first-order valence-electron chi connectivity index (χ1n) is 7.28. The minimum absolute atomic E-state index is 0.0205. The Balaban J connectivity index is 2.64. The van der Waals surface area contributed by atoms with Gasteiger partial charge in [-0.2, -0.15) is 0 Å². The second kappa shape index (κ2) is 10.1. The van der Waals surface area contributed by atoms with E-state index < -0.39 is 4.92 Å². The van der Waals surface area contributed by atoms with Crippen molar-refractivity contribution in [3.63, 3.8) is 0 Å². The summed E-state index contributed by atoms with van der Waals surface area (Å²) < 4.78 is 10.5. The lowest BCUT2D eigenvalue weighted by atomic mass is 10.2. The molecule has 0 aromatic heterocycles. The highest BCUT2D eigenvalue weighted by atomic mass is 16.6. The van der Waals surface area contributed by atoms with E-state index in [9.17, 15) is 10.1 Å². The van der Waals surface area contributed by atoms with Gasteiger partial charge in [0.15, 0.2) is 5.75 Å². The zero-order chi connectivity index (χ0) is 15.5. The minimum Gasteiger partial charge on any atom is -0.487 e. The number of unbranched alkanes of at least 4 members (excludes halogenated alkanes) is 2. The van der Waals surface area contributed by atoms with E-state index >= 15 is 0 Å². The first kappa shape index (κ1) is 17.4. The summed E-state index contributed by atoms with van der Waals surface area (Å²) in [5, 5.41) is 14.2. The second-order valence-corrected chi connectivity index (χ2v) is 4.78. The van der Waals surface area contributed by atoms with Gasteiger partial charge in [-0.3, -0.25) is 10.1 Å². The molecule has 1 rings (SSSR count). The number of hydrogen-bond acceptors (Lipinski definition) is 5. The number of benzene rings is 1. The lowest BCUT2D eigenvalue weighted by molar-refractivity contribution is -0.385. The first-order valence-corrected chi connectivity index (χ1v) is 7.28. The minimum atomic E-state index is -0.405. The largest absolute Gasteiger partial charge is 0.487 e. The van der Waals surface area contributed by atoms with Gasteiger partial charge in [0.25, 0.3) is 0 Å². The molecule has 1 aromatic carbocycles. The predicted octanol–water partition coefficient (Wildman–Crippen LogP) is 2.90. The molecule has 0 radical (unpaired) electrons. The number of hydrogen-bond donors (Lipinski definition) is 1. The molecule has 0 atom stereocenters. The Morgan fingerprint density at radius 2 is 2.10 bits per heavy atom. The van der Waals surface area contributed by atoms with Gasteiger partial charge >= 0.3 is 5.69 Å². The molecule has 1 aromatic rings. The number of methoxy groups -OCH3 is 1. The maximum Gasteiger partial charge on any atom is 0.310 e. The molecule has 0 aliphatic heterocycles. The van der Waals surface area contributed by atoms with Gasteiger partial charge in [-0.1, -0.05) is 25.8 Å². The predicted molar refractivity (Wildman–Crippen MR) is 81.7 cm³/mol. The van der Waals surface area contributed by atoms with Crippen molar-refractivity contribution in [3.05, 3.63) is 33.9 Å². The molecule has 6 nitrogen and oxygen atoms in total. The fraction of sp³-hybridized carbons (Fsp3) is 0.600. The highest BCUT2D eigenvalue weighted by Crippen LogP contribution is 2.28. The highest BCUT2D eigenvalue weighted by molar-refractivity contribution is 5.48. The van der Waals surface area contributed by atoms with Crippen LogP contribution in [-0.4, -0.2) is 31.8 Å². The van der Waals surface area contributed by atoms with Crippen molar-refractivity contribution in [3.8, 4) is 5.75 Å². The van der Waals surface area contributed by atoms with Crippen LogP contribution in [0.1, 0.15) is 31.7 Å². The van der Waals surface area contributed by atoms with Gasteiger partial charge in [0.1, 0.15) is 0 Å². The Labute approximate surface area is 125 Å². The number of nitro benzene ring substituents is 1. The standard InChI is InChI=1S/C15H24N2O4/c1-3-4-5-9-21-15-11-13(12-16-8-10-20-2)6-7-14(15)17(18)19/h6-7,11,16H,3-5,8-10,12H2,1-2H3. The van der Waals surface area contributed by atoms with Crippen LogP contribution in [0.5, 0.6) is 5.75 Å². The lowest BCUT2D eigenvalue weighted by Gasteiger charge is -2.09.